The monoisotopic (exact) mass is 304 g/mol. The van der Waals surface area contributed by atoms with Gasteiger partial charge >= 0.3 is 0 Å². The molecule has 22 heavy (non-hydrogen) atoms. The Balaban J connectivity index is 2.29. The number of carbonyl (C=O) groups excluding carboxylic acids is 1. The van der Waals surface area contributed by atoms with Gasteiger partial charge in [0.2, 0.25) is 0 Å². The largest absolute Gasteiger partial charge is 0.507 e. The molecule has 0 saturated carbocycles. The summed E-state index contributed by atoms with van der Waals surface area (Å²) in [4.78, 5) is 11.8. The molecule has 0 saturated heterocycles. The van der Waals surface area contributed by atoms with Gasteiger partial charge in [-0.05, 0) is 24.6 Å². The van der Waals surface area contributed by atoms with E-state index in [1.807, 2.05) is 0 Å². The van der Waals surface area contributed by atoms with E-state index in [-0.39, 0.29) is 17.1 Å². The second-order valence-corrected chi connectivity index (χ2v) is 5.54. The third-order valence-corrected chi connectivity index (χ3v) is 3.69. The minimum atomic E-state index is -0.316. The molecule has 0 radical (unpaired) electrons. The van der Waals surface area contributed by atoms with Gasteiger partial charge in [-0.3, -0.25) is 4.79 Å². The Kier molecular flexibility index (Phi) is 9.04. The Bertz CT molecular complexity index is 466. The van der Waals surface area contributed by atoms with Crippen LogP contribution in [0.5, 0.6) is 11.5 Å². The average Bonchev–Trinajstić information content (AvgIpc) is 2.52. The van der Waals surface area contributed by atoms with Crippen LogP contribution < -0.4 is 4.74 Å². The van der Waals surface area contributed by atoms with E-state index in [1.165, 1.54) is 50.7 Å². The lowest BCUT2D eigenvalue weighted by Crippen LogP contribution is -2.04. The van der Waals surface area contributed by atoms with E-state index in [1.54, 1.807) is 12.1 Å². The Hall–Kier alpha value is -1.77. The lowest BCUT2D eigenvalue weighted by atomic mass is 10.1. The summed E-state index contributed by atoms with van der Waals surface area (Å²) in [6.07, 6.45) is 11.1. The maximum atomic E-state index is 11.8. The number of hydrogen-bond donors (Lipinski definition) is 1. The van der Waals surface area contributed by atoms with E-state index in [0.29, 0.717) is 12.4 Å². The van der Waals surface area contributed by atoms with Gasteiger partial charge in [0.05, 0.1) is 6.61 Å². The summed E-state index contributed by atoms with van der Waals surface area (Å²) in [7, 11) is 0. The molecule has 122 valence electrons. The molecule has 0 spiro atoms. The number of ketones is 1. The standard InChI is InChI=1S/C19H28O3/c1-3-5-6-7-8-9-10-11-15-22-18-14-12-13-17(21)19(18)16(20)4-2/h4,12-14,21H,2-3,5-11,15H2,1H3. The summed E-state index contributed by atoms with van der Waals surface area (Å²) in [6.45, 7) is 6.25. The number of ether oxygens (including phenoxy) is 1. The Labute approximate surface area is 134 Å². The van der Waals surface area contributed by atoms with Crippen LogP contribution in [0, 0.1) is 0 Å². The average molecular weight is 304 g/mol. The molecule has 0 heterocycles. The summed E-state index contributed by atoms with van der Waals surface area (Å²) >= 11 is 0. The summed E-state index contributed by atoms with van der Waals surface area (Å²) in [5.41, 5.74) is 0.206. The highest BCUT2D eigenvalue weighted by Crippen LogP contribution is 2.28. The number of carbonyl (C=O) groups is 1. The molecule has 1 N–H and O–H groups in total. The summed E-state index contributed by atoms with van der Waals surface area (Å²) in [6, 6.07) is 4.87. The Morgan fingerprint density at radius 2 is 1.77 bits per heavy atom. The van der Waals surface area contributed by atoms with Crippen molar-refractivity contribution in [1.29, 1.82) is 0 Å². The van der Waals surface area contributed by atoms with Crippen molar-refractivity contribution in [2.75, 3.05) is 6.61 Å². The number of unbranched alkanes of at least 4 members (excludes halogenated alkanes) is 7. The molecule has 3 heteroatoms. The molecule has 1 aromatic rings. The van der Waals surface area contributed by atoms with Gasteiger partial charge in [-0.1, -0.05) is 64.5 Å². The van der Waals surface area contributed by atoms with E-state index in [0.717, 1.165) is 12.8 Å². The summed E-state index contributed by atoms with van der Waals surface area (Å²) in [5, 5.41) is 9.79. The van der Waals surface area contributed by atoms with Crippen molar-refractivity contribution >= 4 is 5.78 Å². The van der Waals surface area contributed by atoms with Crippen LogP contribution in [0.2, 0.25) is 0 Å². The van der Waals surface area contributed by atoms with Crippen LogP contribution in [0.1, 0.15) is 68.6 Å². The van der Waals surface area contributed by atoms with Gasteiger partial charge in [-0.25, -0.2) is 0 Å². The van der Waals surface area contributed by atoms with Gasteiger partial charge in [0.15, 0.2) is 5.78 Å². The maximum Gasteiger partial charge on any atom is 0.192 e. The third-order valence-electron chi connectivity index (χ3n) is 3.69. The van der Waals surface area contributed by atoms with Crippen LogP contribution in [-0.2, 0) is 0 Å². The molecule has 0 bridgehead atoms. The first-order valence-corrected chi connectivity index (χ1v) is 8.32. The highest BCUT2D eigenvalue weighted by Gasteiger charge is 2.14. The number of benzene rings is 1. The molecule has 0 aliphatic carbocycles. The smallest absolute Gasteiger partial charge is 0.192 e. The normalized spacial score (nSPS) is 10.4. The number of allylic oxidation sites excluding steroid dienone is 1. The van der Waals surface area contributed by atoms with Gasteiger partial charge in [0, 0.05) is 0 Å². The summed E-state index contributed by atoms with van der Waals surface area (Å²) in [5.74, 6) is 0.0650. The molecule has 0 aromatic heterocycles. The molecule has 0 aliphatic heterocycles. The van der Waals surface area contributed by atoms with E-state index < -0.39 is 0 Å². The quantitative estimate of drug-likeness (QED) is 0.324. The fraction of sp³-hybridized carbons (Fsp3) is 0.526. The molecule has 1 rings (SSSR count). The Morgan fingerprint density at radius 1 is 1.14 bits per heavy atom. The highest BCUT2D eigenvalue weighted by molar-refractivity contribution is 6.08. The number of rotatable bonds is 12. The van der Waals surface area contributed by atoms with Crippen molar-refractivity contribution in [2.24, 2.45) is 0 Å². The molecule has 1 aromatic carbocycles. The van der Waals surface area contributed by atoms with Crippen molar-refractivity contribution in [1.82, 2.24) is 0 Å². The molecule has 0 aliphatic rings. The minimum absolute atomic E-state index is 0.0571. The topological polar surface area (TPSA) is 46.5 Å². The van der Waals surface area contributed by atoms with Gasteiger partial charge in [-0.15, -0.1) is 0 Å². The molecule has 0 atom stereocenters. The highest BCUT2D eigenvalue weighted by atomic mass is 16.5. The van der Waals surface area contributed by atoms with Crippen LogP contribution in [0.15, 0.2) is 30.9 Å². The van der Waals surface area contributed by atoms with Crippen molar-refractivity contribution in [3.63, 3.8) is 0 Å². The van der Waals surface area contributed by atoms with Gasteiger partial charge in [0.25, 0.3) is 0 Å². The molecule has 3 nitrogen and oxygen atoms in total. The van der Waals surface area contributed by atoms with Crippen LogP contribution in [0.3, 0.4) is 0 Å². The molecule has 0 unspecified atom stereocenters. The number of phenols is 1. The number of hydrogen-bond acceptors (Lipinski definition) is 3. The van der Waals surface area contributed by atoms with Gasteiger partial charge in [-0.2, -0.15) is 0 Å². The zero-order valence-corrected chi connectivity index (χ0v) is 13.6. The zero-order valence-electron chi connectivity index (χ0n) is 13.6. The molecule has 0 amide bonds. The third kappa shape index (κ3) is 6.33. The van der Waals surface area contributed by atoms with Crippen LogP contribution in [0.4, 0.5) is 0 Å². The van der Waals surface area contributed by atoms with Crippen LogP contribution >= 0.6 is 0 Å². The van der Waals surface area contributed by atoms with Crippen LogP contribution in [-0.4, -0.2) is 17.5 Å². The van der Waals surface area contributed by atoms with E-state index in [2.05, 4.69) is 13.5 Å². The zero-order chi connectivity index (χ0) is 16.2. The summed E-state index contributed by atoms with van der Waals surface area (Å²) < 4.78 is 5.66. The fourth-order valence-corrected chi connectivity index (χ4v) is 2.41. The predicted octanol–water partition coefficient (Wildman–Crippen LogP) is 5.28. The van der Waals surface area contributed by atoms with E-state index in [9.17, 15) is 9.90 Å². The molecular formula is C19H28O3. The first-order chi connectivity index (χ1) is 10.7. The van der Waals surface area contributed by atoms with Gasteiger partial charge < -0.3 is 9.84 Å². The lowest BCUT2D eigenvalue weighted by molar-refractivity contribution is 0.104. The van der Waals surface area contributed by atoms with Crippen molar-refractivity contribution in [3.8, 4) is 11.5 Å². The first-order valence-electron chi connectivity index (χ1n) is 8.32. The predicted molar refractivity (Wildman–Crippen MR) is 90.7 cm³/mol. The lowest BCUT2D eigenvalue weighted by Gasteiger charge is -2.11. The fourth-order valence-electron chi connectivity index (χ4n) is 2.41. The second kappa shape index (κ2) is 10.9. The SMILES string of the molecule is C=CC(=O)c1c(O)cccc1OCCCCCCCCCC. The molecular weight excluding hydrogens is 276 g/mol. The van der Waals surface area contributed by atoms with Crippen molar-refractivity contribution in [2.45, 2.75) is 58.3 Å². The number of phenolic OH excluding ortho intramolecular Hbond substituents is 1. The van der Waals surface area contributed by atoms with Crippen molar-refractivity contribution < 1.29 is 14.6 Å². The number of aromatic hydroxyl groups is 1. The van der Waals surface area contributed by atoms with Crippen LogP contribution in [0.25, 0.3) is 0 Å². The van der Waals surface area contributed by atoms with E-state index in [4.69, 9.17) is 4.74 Å². The minimum Gasteiger partial charge on any atom is -0.507 e. The van der Waals surface area contributed by atoms with E-state index >= 15 is 0 Å². The second-order valence-electron chi connectivity index (χ2n) is 5.54. The van der Waals surface area contributed by atoms with Crippen molar-refractivity contribution in [3.05, 3.63) is 36.4 Å². The Morgan fingerprint density at radius 3 is 2.41 bits per heavy atom. The molecule has 0 fully saturated rings. The van der Waals surface area contributed by atoms with Gasteiger partial charge in [0.1, 0.15) is 17.1 Å². The first kappa shape index (κ1) is 18.3. The maximum absolute atomic E-state index is 11.8.